The van der Waals surface area contributed by atoms with Crippen LogP contribution in [0.5, 0.6) is 5.75 Å². The number of sulfonamides is 1. The minimum Gasteiger partial charge on any atom is -0.492 e. The van der Waals surface area contributed by atoms with Crippen LogP contribution in [0.2, 0.25) is 0 Å². The van der Waals surface area contributed by atoms with Crippen LogP contribution in [-0.2, 0) is 14.8 Å². The quantitative estimate of drug-likeness (QED) is 0.870. The number of hydrogen-bond donors (Lipinski definition) is 1. The summed E-state index contributed by atoms with van der Waals surface area (Å²) in [6.07, 6.45) is -0.202. The molecule has 1 saturated heterocycles. The van der Waals surface area contributed by atoms with Crippen LogP contribution in [0.3, 0.4) is 0 Å². The van der Waals surface area contributed by atoms with E-state index >= 15 is 0 Å². The van der Waals surface area contributed by atoms with Crippen molar-refractivity contribution in [2.45, 2.75) is 31.0 Å². The lowest BCUT2D eigenvalue weighted by Crippen LogP contribution is -2.48. The average molecular weight is 314 g/mol. The zero-order valence-corrected chi connectivity index (χ0v) is 13.2. The van der Waals surface area contributed by atoms with Crippen LogP contribution < -0.4 is 10.5 Å². The average Bonchev–Trinajstić information content (AvgIpc) is 2.44. The third-order valence-electron chi connectivity index (χ3n) is 3.23. The number of ether oxygens (including phenoxy) is 2. The summed E-state index contributed by atoms with van der Waals surface area (Å²) >= 11 is 0. The van der Waals surface area contributed by atoms with Crippen molar-refractivity contribution < 1.29 is 17.9 Å². The Bertz CT molecular complexity index is 549. The van der Waals surface area contributed by atoms with Crippen molar-refractivity contribution in [2.24, 2.45) is 5.73 Å². The molecule has 1 aromatic rings. The van der Waals surface area contributed by atoms with Gasteiger partial charge in [-0.2, -0.15) is 4.31 Å². The zero-order valence-electron chi connectivity index (χ0n) is 12.4. The van der Waals surface area contributed by atoms with Gasteiger partial charge in [0.25, 0.3) is 0 Å². The van der Waals surface area contributed by atoms with Crippen molar-refractivity contribution in [3.63, 3.8) is 0 Å². The number of hydrogen-bond acceptors (Lipinski definition) is 5. The van der Waals surface area contributed by atoms with Gasteiger partial charge in [0.2, 0.25) is 10.0 Å². The fourth-order valence-corrected chi connectivity index (χ4v) is 3.95. The molecule has 2 N–H and O–H groups in total. The normalized spacial score (nSPS) is 24.0. The van der Waals surface area contributed by atoms with Crippen molar-refractivity contribution in [1.82, 2.24) is 4.31 Å². The van der Waals surface area contributed by atoms with Crippen LogP contribution in [-0.4, -0.2) is 51.2 Å². The highest BCUT2D eigenvalue weighted by molar-refractivity contribution is 7.89. The number of morpholine rings is 1. The third kappa shape index (κ3) is 3.94. The Hall–Kier alpha value is -1.15. The van der Waals surface area contributed by atoms with E-state index in [1.54, 1.807) is 24.3 Å². The Kier molecular flexibility index (Phi) is 5.21. The summed E-state index contributed by atoms with van der Waals surface area (Å²) in [5, 5.41) is 0. The van der Waals surface area contributed by atoms with Gasteiger partial charge < -0.3 is 15.2 Å². The predicted molar refractivity (Wildman–Crippen MR) is 79.8 cm³/mol. The second-order valence-corrected chi connectivity index (χ2v) is 7.13. The molecule has 1 heterocycles. The lowest BCUT2D eigenvalue weighted by Gasteiger charge is -2.34. The van der Waals surface area contributed by atoms with Gasteiger partial charge in [0.05, 0.1) is 17.1 Å². The summed E-state index contributed by atoms with van der Waals surface area (Å²) in [5.41, 5.74) is 5.36. The number of benzene rings is 1. The molecule has 1 aromatic carbocycles. The highest BCUT2D eigenvalue weighted by Crippen LogP contribution is 2.23. The SMILES string of the molecule is C[C@@H]1CN(S(=O)(=O)c2ccc(OCCN)cc2)C[C@H](C)O1. The molecule has 2 rings (SSSR count). The predicted octanol–water partition coefficient (Wildman–Crippen LogP) is 0.822. The Balaban J connectivity index is 2.15. The summed E-state index contributed by atoms with van der Waals surface area (Å²) in [6.45, 7) is 5.33. The molecule has 1 fully saturated rings. The molecule has 1 aliphatic heterocycles. The Morgan fingerprint density at radius 1 is 1.24 bits per heavy atom. The highest BCUT2D eigenvalue weighted by Gasteiger charge is 2.32. The minimum atomic E-state index is -3.49. The first-order valence-corrected chi connectivity index (χ1v) is 8.46. The van der Waals surface area contributed by atoms with Crippen molar-refractivity contribution in [2.75, 3.05) is 26.2 Å². The first kappa shape index (κ1) is 16.2. The second-order valence-electron chi connectivity index (χ2n) is 5.19. The van der Waals surface area contributed by atoms with Gasteiger partial charge in [0.1, 0.15) is 12.4 Å². The molecule has 0 aromatic heterocycles. The van der Waals surface area contributed by atoms with Gasteiger partial charge in [-0.05, 0) is 38.1 Å². The molecule has 7 heteroatoms. The number of nitrogens with two attached hydrogens (primary N) is 1. The summed E-state index contributed by atoms with van der Waals surface area (Å²) in [7, 11) is -3.49. The molecule has 1 aliphatic rings. The van der Waals surface area contributed by atoms with Crippen molar-refractivity contribution >= 4 is 10.0 Å². The van der Waals surface area contributed by atoms with Crippen molar-refractivity contribution in [3.05, 3.63) is 24.3 Å². The van der Waals surface area contributed by atoms with E-state index in [0.29, 0.717) is 32.0 Å². The number of nitrogens with zero attached hydrogens (tertiary/aromatic N) is 1. The zero-order chi connectivity index (χ0) is 15.5. The molecule has 2 atom stereocenters. The Labute approximate surface area is 125 Å². The van der Waals surface area contributed by atoms with Crippen LogP contribution in [0.25, 0.3) is 0 Å². The van der Waals surface area contributed by atoms with Crippen LogP contribution in [0.4, 0.5) is 0 Å². The van der Waals surface area contributed by atoms with Crippen molar-refractivity contribution in [3.8, 4) is 5.75 Å². The van der Waals surface area contributed by atoms with E-state index in [4.69, 9.17) is 15.2 Å². The molecule has 0 unspecified atom stereocenters. The summed E-state index contributed by atoms with van der Waals surface area (Å²) in [6, 6.07) is 6.42. The Morgan fingerprint density at radius 2 is 1.81 bits per heavy atom. The fraction of sp³-hybridized carbons (Fsp3) is 0.571. The van der Waals surface area contributed by atoms with E-state index in [2.05, 4.69) is 0 Å². The monoisotopic (exact) mass is 314 g/mol. The van der Waals surface area contributed by atoms with Gasteiger partial charge in [0.15, 0.2) is 0 Å². The van der Waals surface area contributed by atoms with E-state index in [9.17, 15) is 8.42 Å². The molecule has 0 bridgehead atoms. The largest absolute Gasteiger partial charge is 0.492 e. The van der Waals surface area contributed by atoms with E-state index in [-0.39, 0.29) is 17.1 Å². The van der Waals surface area contributed by atoms with Crippen LogP contribution in [0.1, 0.15) is 13.8 Å². The molecule has 0 saturated carbocycles. The number of rotatable bonds is 5. The molecule has 0 amide bonds. The third-order valence-corrected chi connectivity index (χ3v) is 5.08. The molecule has 118 valence electrons. The fourth-order valence-electron chi connectivity index (χ4n) is 2.36. The standard InChI is InChI=1S/C14H22N2O4S/c1-11-9-16(10-12(2)20-11)21(17,18)14-5-3-13(4-6-14)19-8-7-15/h3-6,11-12H,7-10,15H2,1-2H3/t11-,12+. The topological polar surface area (TPSA) is 81.9 Å². The maximum absolute atomic E-state index is 12.6. The molecule has 0 radical (unpaired) electrons. The van der Waals surface area contributed by atoms with E-state index in [0.717, 1.165) is 0 Å². The van der Waals surface area contributed by atoms with Crippen molar-refractivity contribution in [1.29, 1.82) is 0 Å². The van der Waals surface area contributed by atoms with Gasteiger partial charge in [0, 0.05) is 19.6 Å². The lowest BCUT2D eigenvalue weighted by molar-refractivity contribution is -0.0440. The maximum Gasteiger partial charge on any atom is 0.243 e. The molecule has 6 nitrogen and oxygen atoms in total. The van der Waals surface area contributed by atoms with E-state index in [1.165, 1.54) is 4.31 Å². The molecule has 0 aliphatic carbocycles. The van der Waals surface area contributed by atoms with Gasteiger partial charge in [-0.25, -0.2) is 8.42 Å². The first-order valence-electron chi connectivity index (χ1n) is 7.02. The van der Waals surface area contributed by atoms with E-state index < -0.39 is 10.0 Å². The van der Waals surface area contributed by atoms with Gasteiger partial charge >= 0.3 is 0 Å². The smallest absolute Gasteiger partial charge is 0.243 e. The van der Waals surface area contributed by atoms with E-state index in [1.807, 2.05) is 13.8 Å². The van der Waals surface area contributed by atoms with Crippen LogP contribution in [0, 0.1) is 0 Å². The summed E-state index contributed by atoms with van der Waals surface area (Å²) < 4.78 is 37.6. The first-order chi connectivity index (χ1) is 9.93. The van der Waals surface area contributed by atoms with Gasteiger partial charge in [-0.1, -0.05) is 0 Å². The summed E-state index contributed by atoms with van der Waals surface area (Å²) in [4.78, 5) is 0.267. The Morgan fingerprint density at radius 3 is 2.33 bits per heavy atom. The molecule has 21 heavy (non-hydrogen) atoms. The maximum atomic E-state index is 12.6. The minimum absolute atomic E-state index is 0.101. The van der Waals surface area contributed by atoms with Gasteiger partial charge in [-0.3, -0.25) is 0 Å². The molecular formula is C14H22N2O4S. The molecule has 0 spiro atoms. The lowest BCUT2D eigenvalue weighted by atomic mass is 10.3. The molecular weight excluding hydrogens is 292 g/mol. The summed E-state index contributed by atoms with van der Waals surface area (Å²) in [5.74, 6) is 0.614. The van der Waals surface area contributed by atoms with Gasteiger partial charge in [-0.15, -0.1) is 0 Å². The second kappa shape index (κ2) is 6.74. The van der Waals surface area contributed by atoms with Crippen LogP contribution >= 0.6 is 0 Å². The van der Waals surface area contributed by atoms with Crippen LogP contribution in [0.15, 0.2) is 29.2 Å². The highest BCUT2D eigenvalue weighted by atomic mass is 32.2.